The zero-order chi connectivity index (χ0) is 21.2. The molecule has 150 valence electrons. The van der Waals surface area contributed by atoms with E-state index in [0.29, 0.717) is 31.1 Å². The van der Waals surface area contributed by atoms with Crippen LogP contribution in [0.5, 0.6) is 0 Å². The van der Waals surface area contributed by atoms with Crippen molar-refractivity contribution in [2.75, 3.05) is 18.0 Å². The van der Waals surface area contributed by atoms with Gasteiger partial charge in [0.15, 0.2) is 5.17 Å². The van der Waals surface area contributed by atoms with Crippen molar-refractivity contribution in [2.24, 2.45) is 10.2 Å². The highest BCUT2D eigenvalue weighted by Crippen LogP contribution is 2.34. The molecule has 1 aliphatic heterocycles. The smallest absolute Gasteiger partial charge is 0.244 e. The van der Waals surface area contributed by atoms with Gasteiger partial charge in [-0.25, -0.2) is 0 Å². The van der Waals surface area contributed by atoms with E-state index in [1.165, 1.54) is 11.8 Å². The molecule has 0 spiro atoms. The van der Waals surface area contributed by atoms with Crippen LogP contribution >= 0.6 is 11.8 Å². The van der Waals surface area contributed by atoms with Crippen molar-refractivity contribution in [1.82, 2.24) is 5.32 Å². The molecule has 2 aromatic carbocycles. The summed E-state index contributed by atoms with van der Waals surface area (Å²) in [4.78, 5) is 14.2. The van der Waals surface area contributed by atoms with Gasteiger partial charge >= 0.3 is 0 Å². The van der Waals surface area contributed by atoms with E-state index in [9.17, 15) is 4.79 Å². The van der Waals surface area contributed by atoms with Crippen LogP contribution in [-0.2, 0) is 4.79 Å². The minimum absolute atomic E-state index is 0.0978. The number of rotatable bonds is 8. The monoisotopic (exact) mass is 416 g/mol. The van der Waals surface area contributed by atoms with Crippen molar-refractivity contribution in [3.05, 3.63) is 65.7 Å². The van der Waals surface area contributed by atoms with E-state index in [1.807, 2.05) is 59.5 Å². The van der Waals surface area contributed by atoms with Crippen molar-refractivity contribution in [3.8, 4) is 12.1 Å². The Morgan fingerprint density at radius 3 is 2.33 bits per heavy atom. The molecule has 0 radical (unpaired) electrons. The number of nitriles is 2. The molecule has 0 aromatic heterocycles. The summed E-state index contributed by atoms with van der Waals surface area (Å²) >= 11 is 1.34. The lowest BCUT2D eigenvalue weighted by Crippen LogP contribution is -2.25. The summed E-state index contributed by atoms with van der Waals surface area (Å²) in [5.74, 6) is -0.0978. The Hall–Kier alpha value is -3.62. The van der Waals surface area contributed by atoms with Gasteiger partial charge in [-0.3, -0.25) is 4.79 Å². The zero-order valence-electron chi connectivity index (χ0n) is 16.2. The second kappa shape index (κ2) is 10.8. The second-order valence-corrected chi connectivity index (χ2v) is 7.54. The second-order valence-electron chi connectivity index (χ2n) is 6.44. The molecule has 0 bridgehead atoms. The van der Waals surface area contributed by atoms with Crippen LogP contribution in [0.1, 0.15) is 29.2 Å². The number of hydrogen-bond donors (Lipinski definition) is 1. The van der Waals surface area contributed by atoms with Crippen molar-refractivity contribution in [3.63, 3.8) is 0 Å². The highest BCUT2D eigenvalue weighted by Gasteiger charge is 2.31. The minimum Gasteiger partial charge on any atom is -0.369 e. The van der Waals surface area contributed by atoms with Gasteiger partial charge in [0, 0.05) is 18.8 Å². The van der Waals surface area contributed by atoms with Crippen LogP contribution in [0.2, 0.25) is 0 Å². The van der Waals surface area contributed by atoms with Crippen molar-refractivity contribution >= 4 is 34.7 Å². The van der Waals surface area contributed by atoms with Crippen molar-refractivity contribution in [2.45, 2.75) is 18.1 Å². The first kappa shape index (κ1) is 21.1. The molecule has 7 nitrogen and oxygen atoms in total. The fourth-order valence-electron chi connectivity index (χ4n) is 2.92. The molecule has 3 rings (SSSR count). The maximum Gasteiger partial charge on any atom is 0.244 e. The van der Waals surface area contributed by atoms with E-state index in [4.69, 9.17) is 10.5 Å². The predicted molar refractivity (Wildman–Crippen MR) is 119 cm³/mol. The number of hydrogen-bond acceptors (Lipinski definition) is 7. The molecule has 1 aliphatic rings. The number of amidine groups is 1. The number of nitrogens with one attached hydrogen (secondary N) is 1. The van der Waals surface area contributed by atoms with E-state index in [-0.39, 0.29) is 11.2 Å². The van der Waals surface area contributed by atoms with Gasteiger partial charge in [-0.15, -0.1) is 5.10 Å². The maximum absolute atomic E-state index is 12.2. The van der Waals surface area contributed by atoms with Gasteiger partial charge in [0.1, 0.15) is 5.25 Å². The summed E-state index contributed by atoms with van der Waals surface area (Å²) in [7, 11) is 0. The lowest BCUT2D eigenvalue weighted by atomic mass is 10.1. The van der Waals surface area contributed by atoms with Gasteiger partial charge in [0.05, 0.1) is 31.2 Å². The molecule has 2 aromatic rings. The van der Waals surface area contributed by atoms with Crippen molar-refractivity contribution < 1.29 is 4.79 Å². The maximum atomic E-state index is 12.2. The largest absolute Gasteiger partial charge is 0.369 e. The predicted octanol–water partition coefficient (Wildman–Crippen LogP) is 3.61. The standard InChI is InChI=1S/C22H20N6OS/c23-12-4-14-28(15-5-13-24)19-10-8-17(9-11-19)16-25-27-22-26-21(29)20(30-22)18-6-2-1-3-7-18/h1-3,6-11,16,20H,4-5,14-15H2,(H,26,27,29)/b25-16-/t20-/m0/s1. The lowest BCUT2D eigenvalue weighted by Gasteiger charge is -2.22. The van der Waals surface area contributed by atoms with Gasteiger partial charge in [-0.1, -0.05) is 54.2 Å². The molecule has 1 heterocycles. The Kier molecular flexibility index (Phi) is 7.59. The molecule has 0 unspecified atom stereocenters. The Morgan fingerprint density at radius 1 is 1.03 bits per heavy atom. The number of amides is 1. The van der Waals surface area contributed by atoms with Gasteiger partial charge in [0.25, 0.3) is 0 Å². The van der Waals surface area contributed by atoms with Crippen LogP contribution < -0.4 is 10.2 Å². The van der Waals surface area contributed by atoms with Crippen LogP contribution in [0.4, 0.5) is 5.69 Å². The first-order valence-corrected chi connectivity index (χ1v) is 10.3. The highest BCUT2D eigenvalue weighted by molar-refractivity contribution is 8.15. The van der Waals surface area contributed by atoms with Crippen LogP contribution in [-0.4, -0.2) is 30.4 Å². The fourth-order valence-corrected chi connectivity index (χ4v) is 3.86. The van der Waals surface area contributed by atoms with Crippen molar-refractivity contribution in [1.29, 1.82) is 10.5 Å². The number of carbonyl (C=O) groups is 1. The SMILES string of the molecule is N#CCCN(CCC#N)c1ccc(/C=N\N=C2NC(=O)[C@H](c3ccccc3)S2)cc1. The van der Waals surface area contributed by atoms with E-state index in [1.54, 1.807) is 6.21 Å². The molecule has 1 fully saturated rings. The van der Waals surface area contributed by atoms with E-state index < -0.39 is 0 Å². The quantitative estimate of drug-likeness (QED) is 0.523. The molecule has 1 saturated heterocycles. The Morgan fingerprint density at radius 2 is 1.70 bits per heavy atom. The third-order valence-electron chi connectivity index (χ3n) is 4.40. The average Bonchev–Trinajstić information content (AvgIpc) is 3.15. The molecule has 0 saturated carbocycles. The number of nitrogens with zero attached hydrogens (tertiary/aromatic N) is 5. The average molecular weight is 417 g/mol. The van der Waals surface area contributed by atoms with E-state index >= 15 is 0 Å². The first-order chi connectivity index (χ1) is 14.7. The van der Waals surface area contributed by atoms with Gasteiger partial charge < -0.3 is 10.2 Å². The molecule has 30 heavy (non-hydrogen) atoms. The molecule has 0 aliphatic carbocycles. The van der Waals surface area contributed by atoms with E-state index in [0.717, 1.165) is 16.8 Å². The van der Waals surface area contributed by atoms with Gasteiger partial charge in [-0.05, 0) is 23.3 Å². The molecule has 1 atom stereocenters. The first-order valence-electron chi connectivity index (χ1n) is 9.43. The van der Waals surface area contributed by atoms with Crippen LogP contribution in [0.25, 0.3) is 0 Å². The Bertz CT molecular complexity index is 987. The van der Waals surface area contributed by atoms with Crippen LogP contribution in [0, 0.1) is 22.7 Å². The number of benzene rings is 2. The third kappa shape index (κ3) is 5.69. The number of thioether (sulfide) groups is 1. The molecular formula is C22H20N6OS. The zero-order valence-corrected chi connectivity index (χ0v) is 17.0. The Balaban J connectivity index is 1.62. The summed E-state index contributed by atoms with van der Waals surface area (Å²) in [5, 5.41) is 28.8. The summed E-state index contributed by atoms with van der Waals surface area (Å²) in [6.45, 7) is 1.16. The normalized spacial score (nSPS) is 16.9. The summed E-state index contributed by atoms with van der Waals surface area (Å²) in [6.07, 6.45) is 2.42. The molecule has 1 N–H and O–H groups in total. The molecular weight excluding hydrogens is 396 g/mol. The van der Waals surface area contributed by atoms with Crippen LogP contribution in [0.15, 0.2) is 64.8 Å². The Labute approximate surface area is 179 Å². The van der Waals surface area contributed by atoms with Gasteiger partial charge in [-0.2, -0.15) is 15.6 Å². The topological polar surface area (TPSA) is 105 Å². The minimum atomic E-state index is -0.313. The number of anilines is 1. The number of carbonyl (C=O) groups excluding carboxylic acids is 1. The van der Waals surface area contributed by atoms with Crippen LogP contribution in [0.3, 0.4) is 0 Å². The molecule has 1 amide bonds. The highest BCUT2D eigenvalue weighted by atomic mass is 32.2. The van der Waals surface area contributed by atoms with E-state index in [2.05, 4.69) is 27.7 Å². The fraction of sp³-hybridized carbons (Fsp3) is 0.227. The van der Waals surface area contributed by atoms with Gasteiger partial charge in [0.2, 0.25) is 5.91 Å². The molecule has 8 heteroatoms. The summed E-state index contributed by atoms with van der Waals surface area (Å²) in [6, 6.07) is 21.5. The summed E-state index contributed by atoms with van der Waals surface area (Å²) < 4.78 is 0. The lowest BCUT2D eigenvalue weighted by molar-refractivity contribution is -0.118. The third-order valence-corrected chi connectivity index (χ3v) is 5.53. The summed E-state index contributed by atoms with van der Waals surface area (Å²) in [5.41, 5.74) is 2.74.